The summed E-state index contributed by atoms with van der Waals surface area (Å²) >= 11 is 1.27. The quantitative estimate of drug-likeness (QED) is 0.418. The molecule has 0 bridgehead atoms. The van der Waals surface area contributed by atoms with Gasteiger partial charge in [0.2, 0.25) is 5.91 Å². The van der Waals surface area contributed by atoms with Gasteiger partial charge in [-0.3, -0.25) is 14.2 Å². The predicted octanol–water partition coefficient (Wildman–Crippen LogP) is 4.40. The maximum Gasteiger partial charge on any atom is 0.262 e. The first-order chi connectivity index (χ1) is 14.4. The van der Waals surface area contributed by atoms with Gasteiger partial charge in [0, 0.05) is 18.3 Å². The summed E-state index contributed by atoms with van der Waals surface area (Å²) in [6.07, 6.45) is 0.239. The predicted molar refractivity (Wildman–Crippen MR) is 121 cm³/mol. The summed E-state index contributed by atoms with van der Waals surface area (Å²) in [5.41, 5.74) is 1.26. The molecule has 6 nitrogen and oxygen atoms in total. The average Bonchev–Trinajstić information content (AvgIpc) is 2.74. The van der Waals surface area contributed by atoms with Crippen molar-refractivity contribution >= 4 is 34.3 Å². The minimum atomic E-state index is -0.484. The molecule has 7 heteroatoms. The van der Waals surface area contributed by atoms with E-state index >= 15 is 0 Å². The van der Waals surface area contributed by atoms with Gasteiger partial charge in [-0.05, 0) is 45.0 Å². The molecule has 1 aromatic heterocycles. The highest BCUT2D eigenvalue weighted by molar-refractivity contribution is 8.00. The van der Waals surface area contributed by atoms with Crippen LogP contribution in [0, 0.1) is 11.3 Å². The maximum atomic E-state index is 13.3. The molecule has 0 saturated carbocycles. The Kier molecular flexibility index (Phi) is 6.91. The van der Waals surface area contributed by atoms with Crippen molar-refractivity contribution in [2.75, 3.05) is 11.4 Å². The monoisotopic (exact) mass is 420 g/mol. The van der Waals surface area contributed by atoms with Crippen molar-refractivity contribution in [2.24, 2.45) is 0 Å². The summed E-state index contributed by atoms with van der Waals surface area (Å²) in [4.78, 5) is 32.6. The number of rotatable bonds is 7. The molecule has 0 saturated heterocycles. The zero-order valence-electron chi connectivity index (χ0n) is 17.3. The molecular weight excluding hydrogens is 396 g/mol. The summed E-state index contributed by atoms with van der Waals surface area (Å²) in [6.45, 7) is 5.98. The van der Waals surface area contributed by atoms with Crippen molar-refractivity contribution < 1.29 is 4.79 Å². The fourth-order valence-corrected chi connectivity index (χ4v) is 4.33. The maximum absolute atomic E-state index is 13.3. The van der Waals surface area contributed by atoms with Crippen LogP contribution in [0.1, 0.15) is 33.2 Å². The molecule has 3 rings (SSSR count). The average molecular weight is 421 g/mol. The van der Waals surface area contributed by atoms with Crippen LogP contribution in [0.3, 0.4) is 0 Å². The van der Waals surface area contributed by atoms with Gasteiger partial charge in [-0.2, -0.15) is 5.26 Å². The molecule has 1 atom stereocenters. The van der Waals surface area contributed by atoms with Gasteiger partial charge in [-0.15, -0.1) is 0 Å². The number of carbonyl (C=O) groups is 1. The molecule has 3 aromatic rings. The fourth-order valence-electron chi connectivity index (χ4n) is 3.23. The van der Waals surface area contributed by atoms with Crippen molar-refractivity contribution in [2.45, 2.75) is 43.6 Å². The lowest BCUT2D eigenvalue weighted by atomic mass is 10.2. The molecule has 2 aromatic carbocycles. The number of benzene rings is 2. The van der Waals surface area contributed by atoms with Gasteiger partial charge >= 0.3 is 0 Å². The molecule has 0 fully saturated rings. The van der Waals surface area contributed by atoms with Crippen molar-refractivity contribution in [1.29, 1.82) is 5.26 Å². The summed E-state index contributed by atoms with van der Waals surface area (Å²) in [7, 11) is 0. The smallest absolute Gasteiger partial charge is 0.262 e. The Morgan fingerprint density at radius 3 is 2.47 bits per heavy atom. The lowest BCUT2D eigenvalue weighted by Crippen LogP contribution is -2.38. The molecule has 30 heavy (non-hydrogen) atoms. The van der Waals surface area contributed by atoms with Crippen LogP contribution in [-0.4, -0.2) is 27.3 Å². The molecule has 154 valence electrons. The van der Waals surface area contributed by atoms with Crippen LogP contribution >= 0.6 is 11.8 Å². The normalized spacial score (nSPS) is 12.0. The Morgan fingerprint density at radius 1 is 1.13 bits per heavy atom. The van der Waals surface area contributed by atoms with E-state index in [1.165, 1.54) is 11.8 Å². The van der Waals surface area contributed by atoms with E-state index in [4.69, 9.17) is 5.26 Å². The van der Waals surface area contributed by atoms with E-state index in [1.807, 2.05) is 56.3 Å². The Hall–Kier alpha value is -3.11. The molecule has 0 aliphatic heterocycles. The number of nitrogens with zero attached hydrogens (tertiary/aromatic N) is 4. The number of thioether (sulfide) groups is 1. The Bertz CT molecular complexity index is 1140. The van der Waals surface area contributed by atoms with Crippen LogP contribution in [0.15, 0.2) is 64.5 Å². The van der Waals surface area contributed by atoms with E-state index in [0.717, 1.165) is 5.69 Å². The van der Waals surface area contributed by atoms with Gasteiger partial charge < -0.3 is 4.90 Å². The third-order valence-corrected chi connectivity index (χ3v) is 5.76. The molecule has 0 spiro atoms. The molecular formula is C23H24N4O2S. The lowest BCUT2D eigenvalue weighted by Gasteiger charge is -2.25. The lowest BCUT2D eigenvalue weighted by molar-refractivity contribution is -0.117. The third-order valence-electron chi connectivity index (χ3n) is 4.70. The zero-order chi connectivity index (χ0) is 21.7. The Labute approximate surface area is 180 Å². The molecule has 0 N–H and O–H groups in total. The number of aromatic nitrogens is 2. The highest BCUT2D eigenvalue weighted by Gasteiger charge is 2.25. The van der Waals surface area contributed by atoms with Crippen LogP contribution in [-0.2, 0) is 4.79 Å². The summed E-state index contributed by atoms with van der Waals surface area (Å²) in [5, 5.41) is 9.60. The second-order valence-corrected chi connectivity index (χ2v) is 8.48. The van der Waals surface area contributed by atoms with Gasteiger partial charge in [0.1, 0.15) is 0 Å². The number of carbonyl (C=O) groups excluding carboxylic acids is 1. The zero-order valence-corrected chi connectivity index (χ0v) is 18.1. The fraction of sp³-hybridized carbons (Fsp3) is 0.304. The van der Waals surface area contributed by atoms with Crippen molar-refractivity contribution in [3.63, 3.8) is 0 Å². The van der Waals surface area contributed by atoms with E-state index in [9.17, 15) is 9.59 Å². The molecule has 0 unspecified atom stereocenters. The number of fused-ring (bicyclic) bond motifs is 1. The van der Waals surface area contributed by atoms with Crippen LogP contribution in [0.2, 0.25) is 0 Å². The van der Waals surface area contributed by atoms with E-state index in [-0.39, 0.29) is 23.9 Å². The number of nitriles is 1. The first-order valence-corrected chi connectivity index (χ1v) is 10.7. The van der Waals surface area contributed by atoms with E-state index < -0.39 is 5.25 Å². The minimum absolute atomic E-state index is 0.0942. The highest BCUT2D eigenvalue weighted by Crippen LogP contribution is 2.27. The number of hydrogen-bond acceptors (Lipinski definition) is 5. The van der Waals surface area contributed by atoms with Crippen molar-refractivity contribution in [3.8, 4) is 6.07 Å². The summed E-state index contributed by atoms with van der Waals surface area (Å²) < 4.78 is 1.64. The molecule has 0 aliphatic rings. The molecule has 0 aliphatic carbocycles. The van der Waals surface area contributed by atoms with E-state index in [2.05, 4.69) is 11.1 Å². The number of hydrogen-bond donors (Lipinski definition) is 0. The highest BCUT2D eigenvalue weighted by atomic mass is 32.2. The first kappa shape index (κ1) is 21.6. The van der Waals surface area contributed by atoms with Crippen molar-refractivity contribution in [1.82, 2.24) is 9.55 Å². The van der Waals surface area contributed by atoms with Gasteiger partial charge in [-0.1, -0.05) is 42.1 Å². The largest absolute Gasteiger partial charge is 0.310 e. The van der Waals surface area contributed by atoms with Crippen LogP contribution < -0.4 is 10.5 Å². The van der Waals surface area contributed by atoms with Crippen LogP contribution in [0.25, 0.3) is 10.9 Å². The minimum Gasteiger partial charge on any atom is -0.310 e. The van der Waals surface area contributed by atoms with Crippen LogP contribution in [0.4, 0.5) is 5.69 Å². The van der Waals surface area contributed by atoms with Gasteiger partial charge in [-0.25, -0.2) is 4.98 Å². The molecule has 1 heterocycles. The van der Waals surface area contributed by atoms with E-state index in [1.54, 1.807) is 28.5 Å². The number of amides is 1. The van der Waals surface area contributed by atoms with Gasteiger partial charge in [0.05, 0.1) is 28.6 Å². The Morgan fingerprint density at radius 2 is 1.80 bits per heavy atom. The third kappa shape index (κ3) is 4.55. The summed E-state index contributed by atoms with van der Waals surface area (Å²) in [5.74, 6) is -0.126. The Balaban J connectivity index is 1.96. The van der Waals surface area contributed by atoms with E-state index in [0.29, 0.717) is 22.6 Å². The summed E-state index contributed by atoms with van der Waals surface area (Å²) in [6, 6.07) is 18.6. The second kappa shape index (κ2) is 9.59. The first-order valence-electron chi connectivity index (χ1n) is 9.85. The van der Waals surface area contributed by atoms with Gasteiger partial charge in [0.25, 0.3) is 5.56 Å². The molecule has 1 amide bonds. The second-order valence-electron chi connectivity index (χ2n) is 7.17. The molecule has 0 radical (unpaired) electrons. The van der Waals surface area contributed by atoms with Crippen LogP contribution in [0.5, 0.6) is 0 Å². The number of anilines is 1. The van der Waals surface area contributed by atoms with Crippen molar-refractivity contribution in [3.05, 3.63) is 65.0 Å². The standard InChI is InChI=1S/C23H24N4O2S/c1-16(2)27-22(29)19-12-7-8-13-20(19)25-23(27)30-17(3)21(28)26(15-9-14-24)18-10-5-4-6-11-18/h4-8,10-13,16-17H,9,15H2,1-3H3/t17-/m0/s1. The number of para-hydroxylation sites is 2. The SMILES string of the molecule is CC(C)n1c(S[C@@H](C)C(=O)N(CCC#N)c2ccccc2)nc2ccccc2c1=O. The topological polar surface area (TPSA) is 79.0 Å². The van der Waals surface area contributed by atoms with Gasteiger partial charge in [0.15, 0.2) is 5.16 Å².